The van der Waals surface area contributed by atoms with Gasteiger partial charge in [-0.25, -0.2) is 4.98 Å². The lowest BCUT2D eigenvalue weighted by Gasteiger charge is -2.12. The van der Waals surface area contributed by atoms with Crippen molar-refractivity contribution >= 4 is 22.7 Å². The van der Waals surface area contributed by atoms with Gasteiger partial charge < -0.3 is 4.52 Å². The molecule has 0 aliphatic heterocycles. The topological polar surface area (TPSA) is 73.8 Å². The number of aromatic nitrogens is 4. The number of benzene rings is 3. The number of para-hydroxylation sites is 1. The molecule has 3 aromatic carbocycles. The second-order valence-electron chi connectivity index (χ2n) is 6.95. The summed E-state index contributed by atoms with van der Waals surface area (Å²) >= 11 is 1.41. The van der Waals surface area contributed by atoms with Gasteiger partial charge in [0.1, 0.15) is 0 Å². The molecule has 2 heterocycles. The Bertz CT molecular complexity index is 1380. The molecular formula is C24H18N4O2S. The Kier molecular flexibility index (Phi) is 5.33. The Balaban J connectivity index is 1.47. The predicted molar refractivity (Wildman–Crippen MR) is 121 cm³/mol. The number of rotatable bonds is 6. The molecule has 0 spiro atoms. The van der Waals surface area contributed by atoms with Gasteiger partial charge >= 0.3 is 0 Å². The molecule has 0 N–H and O–H groups in total. The Morgan fingerprint density at radius 2 is 1.55 bits per heavy atom. The fourth-order valence-corrected chi connectivity index (χ4v) is 4.14. The minimum absolute atomic E-state index is 0.0625. The van der Waals surface area contributed by atoms with Crippen LogP contribution in [-0.2, 0) is 12.3 Å². The van der Waals surface area contributed by atoms with E-state index in [2.05, 4.69) is 10.1 Å². The average Bonchev–Trinajstić information content (AvgIpc) is 3.30. The summed E-state index contributed by atoms with van der Waals surface area (Å²) in [4.78, 5) is 22.4. The van der Waals surface area contributed by atoms with Crippen LogP contribution in [-0.4, -0.2) is 19.7 Å². The monoisotopic (exact) mass is 426 g/mol. The second-order valence-corrected chi connectivity index (χ2v) is 7.90. The van der Waals surface area contributed by atoms with Crippen molar-refractivity contribution in [3.05, 3.63) is 107 Å². The summed E-state index contributed by atoms with van der Waals surface area (Å²) in [6.45, 7) is 0.443. The van der Waals surface area contributed by atoms with Gasteiger partial charge in [0.2, 0.25) is 11.7 Å². The van der Waals surface area contributed by atoms with Crippen molar-refractivity contribution in [3.63, 3.8) is 0 Å². The van der Waals surface area contributed by atoms with Crippen LogP contribution in [0.15, 0.2) is 99.4 Å². The van der Waals surface area contributed by atoms with Gasteiger partial charge in [-0.3, -0.25) is 9.36 Å². The number of thioether (sulfide) groups is 1. The van der Waals surface area contributed by atoms with E-state index in [0.717, 1.165) is 11.1 Å². The van der Waals surface area contributed by atoms with Gasteiger partial charge in [-0.1, -0.05) is 89.7 Å². The third-order valence-corrected chi connectivity index (χ3v) is 5.80. The summed E-state index contributed by atoms with van der Waals surface area (Å²) in [5.41, 5.74) is 2.54. The average molecular weight is 427 g/mol. The maximum Gasteiger partial charge on any atom is 0.262 e. The molecular weight excluding hydrogens is 408 g/mol. The van der Waals surface area contributed by atoms with Crippen LogP contribution in [0.3, 0.4) is 0 Å². The first-order valence-electron chi connectivity index (χ1n) is 9.82. The van der Waals surface area contributed by atoms with Gasteiger partial charge in [-0.05, 0) is 17.7 Å². The van der Waals surface area contributed by atoms with E-state index in [1.807, 2.05) is 84.9 Å². The lowest BCUT2D eigenvalue weighted by atomic mass is 10.2. The number of hydrogen-bond donors (Lipinski definition) is 0. The van der Waals surface area contributed by atoms with Crippen LogP contribution in [0.25, 0.3) is 22.3 Å². The van der Waals surface area contributed by atoms with Gasteiger partial charge in [-0.2, -0.15) is 4.98 Å². The minimum atomic E-state index is -0.0625. The fourth-order valence-electron chi connectivity index (χ4n) is 3.31. The maximum absolute atomic E-state index is 13.2. The number of fused-ring (bicyclic) bond motifs is 1. The molecule has 5 rings (SSSR count). The van der Waals surface area contributed by atoms with E-state index in [0.29, 0.717) is 40.1 Å². The summed E-state index contributed by atoms with van der Waals surface area (Å²) in [7, 11) is 0. The Morgan fingerprint density at radius 3 is 2.35 bits per heavy atom. The van der Waals surface area contributed by atoms with Gasteiger partial charge in [0.25, 0.3) is 5.56 Å². The quantitative estimate of drug-likeness (QED) is 0.287. The Labute approximate surface area is 182 Å². The molecule has 6 nitrogen and oxygen atoms in total. The van der Waals surface area contributed by atoms with Crippen molar-refractivity contribution < 1.29 is 4.52 Å². The third-order valence-electron chi connectivity index (χ3n) is 4.83. The van der Waals surface area contributed by atoms with Crippen LogP contribution in [0.4, 0.5) is 0 Å². The predicted octanol–water partition coefficient (Wildman–Crippen LogP) is 4.79. The van der Waals surface area contributed by atoms with E-state index in [-0.39, 0.29) is 5.56 Å². The highest BCUT2D eigenvalue weighted by Crippen LogP contribution is 2.24. The molecule has 5 aromatic rings. The van der Waals surface area contributed by atoms with Crippen LogP contribution in [0.1, 0.15) is 11.5 Å². The van der Waals surface area contributed by atoms with Crippen molar-refractivity contribution in [3.8, 4) is 11.4 Å². The summed E-state index contributed by atoms with van der Waals surface area (Å²) in [5.74, 6) is 1.45. The third kappa shape index (κ3) is 4.13. The van der Waals surface area contributed by atoms with Crippen LogP contribution in [0, 0.1) is 0 Å². The molecule has 0 amide bonds. The zero-order chi connectivity index (χ0) is 21.0. The molecule has 0 saturated heterocycles. The molecule has 0 aliphatic rings. The molecule has 0 fully saturated rings. The lowest BCUT2D eigenvalue weighted by Crippen LogP contribution is -2.24. The van der Waals surface area contributed by atoms with Crippen molar-refractivity contribution in [2.45, 2.75) is 17.5 Å². The molecule has 0 atom stereocenters. The van der Waals surface area contributed by atoms with E-state index in [1.54, 1.807) is 4.57 Å². The maximum atomic E-state index is 13.2. The molecule has 0 saturated carbocycles. The molecule has 0 unspecified atom stereocenters. The molecule has 152 valence electrons. The molecule has 31 heavy (non-hydrogen) atoms. The van der Waals surface area contributed by atoms with Gasteiger partial charge in [0, 0.05) is 5.56 Å². The lowest BCUT2D eigenvalue weighted by molar-refractivity contribution is 0.391. The largest absolute Gasteiger partial charge is 0.338 e. The van der Waals surface area contributed by atoms with E-state index >= 15 is 0 Å². The van der Waals surface area contributed by atoms with Crippen molar-refractivity contribution in [2.75, 3.05) is 0 Å². The SMILES string of the molecule is O=c1c2ccccc2nc(SCc2nc(-c3ccccc3)no2)n1Cc1ccccc1. The number of hydrogen-bond acceptors (Lipinski definition) is 6. The summed E-state index contributed by atoms with van der Waals surface area (Å²) in [6.07, 6.45) is 0. The van der Waals surface area contributed by atoms with E-state index in [9.17, 15) is 4.79 Å². The van der Waals surface area contributed by atoms with E-state index in [1.165, 1.54) is 11.8 Å². The zero-order valence-electron chi connectivity index (χ0n) is 16.5. The number of nitrogens with zero attached hydrogens (tertiary/aromatic N) is 4. The fraction of sp³-hybridized carbons (Fsp3) is 0.0833. The van der Waals surface area contributed by atoms with E-state index in [4.69, 9.17) is 9.51 Å². The molecule has 0 bridgehead atoms. The summed E-state index contributed by atoms with van der Waals surface area (Å²) < 4.78 is 7.12. The standard InChI is InChI=1S/C24H18N4O2S/c29-23-19-13-7-8-14-20(19)25-24(28(23)15-17-9-3-1-4-10-17)31-16-21-26-22(27-30-21)18-11-5-2-6-12-18/h1-14H,15-16H2. The second kappa shape index (κ2) is 8.57. The van der Waals surface area contributed by atoms with Crippen molar-refractivity contribution in [1.82, 2.24) is 19.7 Å². The molecule has 7 heteroatoms. The van der Waals surface area contributed by atoms with E-state index < -0.39 is 0 Å². The van der Waals surface area contributed by atoms with Crippen molar-refractivity contribution in [2.24, 2.45) is 0 Å². The molecule has 2 aromatic heterocycles. The highest BCUT2D eigenvalue weighted by atomic mass is 32.2. The minimum Gasteiger partial charge on any atom is -0.338 e. The smallest absolute Gasteiger partial charge is 0.262 e. The van der Waals surface area contributed by atoms with Crippen LogP contribution < -0.4 is 5.56 Å². The first-order chi connectivity index (χ1) is 15.3. The highest BCUT2D eigenvalue weighted by molar-refractivity contribution is 7.98. The molecule has 0 aliphatic carbocycles. The van der Waals surface area contributed by atoms with Crippen LogP contribution in [0.2, 0.25) is 0 Å². The van der Waals surface area contributed by atoms with Gasteiger partial charge in [0.05, 0.1) is 23.2 Å². The zero-order valence-corrected chi connectivity index (χ0v) is 17.3. The Hall–Kier alpha value is -3.71. The van der Waals surface area contributed by atoms with Crippen molar-refractivity contribution in [1.29, 1.82) is 0 Å². The van der Waals surface area contributed by atoms with Crippen LogP contribution in [0.5, 0.6) is 0 Å². The Morgan fingerprint density at radius 1 is 0.839 bits per heavy atom. The van der Waals surface area contributed by atoms with Gasteiger partial charge in [0.15, 0.2) is 5.16 Å². The highest BCUT2D eigenvalue weighted by Gasteiger charge is 2.15. The van der Waals surface area contributed by atoms with Crippen LogP contribution >= 0.6 is 11.8 Å². The first-order valence-corrected chi connectivity index (χ1v) is 10.8. The normalized spacial score (nSPS) is 11.1. The van der Waals surface area contributed by atoms with Gasteiger partial charge in [-0.15, -0.1) is 0 Å². The first kappa shape index (κ1) is 19.3. The summed E-state index contributed by atoms with van der Waals surface area (Å²) in [6, 6.07) is 27.0. The molecule has 0 radical (unpaired) electrons. The summed E-state index contributed by atoms with van der Waals surface area (Å²) in [5, 5.41) is 5.29.